The van der Waals surface area contributed by atoms with E-state index in [1.165, 1.54) is 11.6 Å². The van der Waals surface area contributed by atoms with Gasteiger partial charge >= 0.3 is 0 Å². The lowest BCUT2D eigenvalue weighted by atomic mass is 9.84. The van der Waals surface area contributed by atoms with Crippen molar-refractivity contribution in [1.82, 2.24) is 0 Å². The van der Waals surface area contributed by atoms with Crippen LogP contribution >= 0.6 is 0 Å². The molecule has 5 heteroatoms. The normalized spacial score (nSPS) is 26.0. The Morgan fingerprint density at radius 1 is 1.19 bits per heavy atom. The number of fused-ring (bicyclic) bond motifs is 1. The molecule has 1 saturated heterocycles. The molecule has 0 aromatic heterocycles. The Bertz CT molecular complexity index is 801. The summed E-state index contributed by atoms with van der Waals surface area (Å²) in [6.45, 7) is 4.19. The summed E-state index contributed by atoms with van der Waals surface area (Å²) < 4.78 is 23.1. The maximum Gasteiger partial charge on any atom is 0.189 e. The molecule has 2 heterocycles. The smallest absolute Gasteiger partial charge is 0.189 e. The maximum absolute atomic E-state index is 11.6. The summed E-state index contributed by atoms with van der Waals surface area (Å²) in [6.07, 6.45) is 3.20. The van der Waals surface area contributed by atoms with Gasteiger partial charge in [0.15, 0.2) is 15.6 Å². The Morgan fingerprint density at radius 2 is 1.86 bits per heavy atom. The first kappa shape index (κ1) is 14.1. The van der Waals surface area contributed by atoms with E-state index in [-0.39, 0.29) is 21.9 Å². The first-order valence-electron chi connectivity index (χ1n) is 6.77. The molecule has 21 heavy (non-hydrogen) atoms. The van der Waals surface area contributed by atoms with Gasteiger partial charge in [-0.15, -0.1) is 0 Å². The third-order valence-electron chi connectivity index (χ3n) is 4.26. The van der Waals surface area contributed by atoms with E-state index >= 15 is 0 Å². The number of hydrogen-bond donors (Lipinski definition) is 0. The second kappa shape index (κ2) is 4.31. The second-order valence-electron chi connectivity index (χ2n) is 5.97. The molecule has 0 atom stereocenters. The van der Waals surface area contributed by atoms with Crippen LogP contribution in [0.4, 0.5) is 5.69 Å². The van der Waals surface area contributed by atoms with Crippen molar-refractivity contribution in [2.45, 2.75) is 19.3 Å². The fraction of sp³-hybridized carbons (Fsp3) is 0.312. The Hall–Kier alpha value is -1.88. The quantitative estimate of drug-likeness (QED) is 0.746. The number of nitrogens with zero attached hydrogens (tertiary/aromatic N) is 1. The minimum absolute atomic E-state index is 0.0739. The van der Waals surface area contributed by atoms with Crippen LogP contribution in [0.5, 0.6) is 0 Å². The van der Waals surface area contributed by atoms with Crippen LogP contribution in [0.25, 0.3) is 0 Å². The molecule has 0 N–H and O–H groups in total. The Labute approximate surface area is 124 Å². The highest BCUT2D eigenvalue weighted by atomic mass is 32.2. The van der Waals surface area contributed by atoms with Gasteiger partial charge in [-0.25, -0.2) is 8.42 Å². The van der Waals surface area contributed by atoms with Gasteiger partial charge < -0.3 is 4.90 Å². The lowest BCUT2D eigenvalue weighted by molar-refractivity contribution is -0.113. The van der Waals surface area contributed by atoms with Crippen molar-refractivity contribution in [3.63, 3.8) is 0 Å². The van der Waals surface area contributed by atoms with E-state index in [0.29, 0.717) is 0 Å². The molecular formula is C16H17NO3S. The van der Waals surface area contributed by atoms with Crippen LogP contribution in [-0.4, -0.2) is 27.0 Å². The van der Waals surface area contributed by atoms with Crippen LogP contribution in [0.1, 0.15) is 19.4 Å². The van der Waals surface area contributed by atoms with Gasteiger partial charge in [-0.1, -0.05) is 32.0 Å². The summed E-state index contributed by atoms with van der Waals surface area (Å²) in [6, 6.07) is 8.09. The molecular weight excluding hydrogens is 286 g/mol. The molecule has 1 aromatic carbocycles. The Balaban J connectivity index is 2.07. The number of carbonyl (C=O) groups is 1. The summed E-state index contributed by atoms with van der Waals surface area (Å²) in [5, 5.41) is 0. The number of anilines is 1. The molecule has 1 aromatic rings. The molecule has 110 valence electrons. The SMILES string of the molecule is CN1/C(=C/C=C2\C(=O)CS2(=O)=O)C(C)(C)c2ccccc21. The van der Waals surface area contributed by atoms with Crippen LogP contribution in [0.3, 0.4) is 0 Å². The van der Waals surface area contributed by atoms with Crippen LogP contribution in [0.2, 0.25) is 0 Å². The zero-order valence-corrected chi connectivity index (χ0v) is 13.1. The second-order valence-corrected chi connectivity index (χ2v) is 7.92. The molecule has 0 saturated carbocycles. The first-order chi connectivity index (χ1) is 9.75. The van der Waals surface area contributed by atoms with Crippen molar-refractivity contribution < 1.29 is 13.2 Å². The largest absolute Gasteiger partial charge is 0.347 e. The summed E-state index contributed by atoms with van der Waals surface area (Å²) in [7, 11) is -1.38. The van der Waals surface area contributed by atoms with Crippen molar-refractivity contribution in [2.75, 3.05) is 17.7 Å². The van der Waals surface area contributed by atoms with Gasteiger partial charge in [0.1, 0.15) is 10.7 Å². The number of hydrogen-bond acceptors (Lipinski definition) is 4. The van der Waals surface area contributed by atoms with Crippen molar-refractivity contribution in [2.24, 2.45) is 0 Å². The van der Waals surface area contributed by atoms with Crippen molar-refractivity contribution in [3.05, 3.63) is 52.6 Å². The first-order valence-corrected chi connectivity index (χ1v) is 8.42. The van der Waals surface area contributed by atoms with Gasteiger partial charge in [0.2, 0.25) is 0 Å². The number of rotatable bonds is 1. The zero-order chi connectivity index (χ0) is 15.4. The highest BCUT2D eigenvalue weighted by Crippen LogP contribution is 2.46. The number of Topliss-reactive ketones (excluding diaryl/α,β-unsaturated/α-hetero) is 1. The lowest BCUT2D eigenvalue weighted by Gasteiger charge is -2.24. The minimum atomic E-state index is -3.34. The molecule has 2 aliphatic rings. The Morgan fingerprint density at radius 3 is 2.43 bits per heavy atom. The molecule has 0 radical (unpaired) electrons. The predicted molar refractivity (Wildman–Crippen MR) is 82.8 cm³/mol. The van der Waals surface area contributed by atoms with Crippen molar-refractivity contribution in [1.29, 1.82) is 0 Å². The highest BCUT2D eigenvalue weighted by molar-refractivity contribution is 7.99. The lowest BCUT2D eigenvalue weighted by Crippen LogP contribution is -2.34. The number of carbonyl (C=O) groups excluding carboxylic acids is 1. The van der Waals surface area contributed by atoms with Gasteiger partial charge in [-0.05, 0) is 23.8 Å². The van der Waals surface area contributed by atoms with Crippen molar-refractivity contribution in [3.8, 4) is 0 Å². The van der Waals surface area contributed by atoms with Crippen LogP contribution in [0, 0.1) is 0 Å². The van der Waals surface area contributed by atoms with Crippen LogP contribution in [-0.2, 0) is 20.0 Å². The fourth-order valence-corrected chi connectivity index (χ4v) is 4.17. The maximum atomic E-state index is 11.6. The third-order valence-corrected chi connectivity index (χ3v) is 5.94. The molecule has 2 aliphatic heterocycles. The predicted octanol–water partition coefficient (Wildman–Crippen LogP) is 2.18. The van der Waals surface area contributed by atoms with Crippen LogP contribution in [0.15, 0.2) is 47.0 Å². The number of benzene rings is 1. The van der Waals surface area contributed by atoms with Gasteiger partial charge in [0, 0.05) is 23.8 Å². The fourth-order valence-electron chi connectivity index (χ4n) is 3.07. The van der Waals surface area contributed by atoms with Gasteiger partial charge in [-0.2, -0.15) is 0 Å². The highest BCUT2D eigenvalue weighted by Gasteiger charge is 2.40. The summed E-state index contributed by atoms with van der Waals surface area (Å²) in [5.74, 6) is -0.663. The molecule has 0 spiro atoms. The molecule has 1 fully saturated rings. The average molecular weight is 303 g/mol. The van der Waals surface area contributed by atoms with Crippen molar-refractivity contribution >= 4 is 21.3 Å². The van der Waals surface area contributed by atoms with Crippen LogP contribution < -0.4 is 4.90 Å². The summed E-state index contributed by atoms with van der Waals surface area (Å²) in [4.78, 5) is 13.4. The van der Waals surface area contributed by atoms with E-state index in [0.717, 1.165) is 11.4 Å². The van der Waals surface area contributed by atoms with Gasteiger partial charge in [0.05, 0.1) is 0 Å². The molecule has 0 amide bonds. The number of ketones is 1. The van der Waals surface area contributed by atoms with E-state index < -0.39 is 9.84 Å². The van der Waals surface area contributed by atoms with E-state index in [1.807, 2.05) is 30.1 Å². The average Bonchev–Trinajstić information content (AvgIpc) is 2.59. The number of allylic oxidation sites excluding steroid dienone is 4. The molecule has 0 aliphatic carbocycles. The number of sulfone groups is 1. The topological polar surface area (TPSA) is 54.5 Å². The van der Waals surface area contributed by atoms with Gasteiger partial charge in [0.25, 0.3) is 0 Å². The van der Waals surface area contributed by atoms with E-state index in [9.17, 15) is 13.2 Å². The van der Waals surface area contributed by atoms with E-state index in [4.69, 9.17) is 0 Å². The van der Waals surface area contributed by atoms with E-state index in [2.05, 4.69) is 19.9 Å². The Kier molecular flexibility index (Phi) is 2.89. The monoisotopic (exact) mass is 303 g/mol. The standard InChI is InChI=1S/C16H17NO3S/c1-16(2)11-6-4-5-7-12(11)17(3)15(16)9-8-14-13(18)10-21(14,19)20/h4-9H,10H2,1-3H3/b14-8+,15-9+. The van der Waals surface area contributed by atoms with Gasteiger partial charge in [-0.3, -0.25) is 4.79 Å². The number of likely N-dealkylation sites (N-methyl/N-ethyl adjacent to an activating group) is 1. The molecule has 0 unspecified atom stereocenters. The minimum Gasteiger partial charge on any atom is -0.347 e. The molecule has 0 bridgehead atoms. The molecule has 4 nitrogen and oxygen atoms in total. The molecule has 3 rings (SSSR count). The number of para-hydroxylation sites is 1. The van der Waals surface area contributed by atoms with E-state index in [1.54, 1.807) is 6.08 Å². The summed E-state index contributed by atoms with van der Waals surface area (Å²) in [5.41, 5.74) is 3.06. The summed E-state index contributed by atoms with van der Waals surface area (Å²) >= 11 is 0. The third kappa shape index (κ3) is 1.95. The zero-order valence-electron chi connectivity index (χ0n) is 12.3.